The van der Waals surface area contributed by atoms with Gasteiger partial charge in [-0.05, 0) is 40.8 Å². The van der Waals surface area contributed by atoms with E-state index in [1.165, 1.54) is 0 Å². The highest BCUT2D eigenvalue weighted by molar-refractivity contribution is 9.10. The first-order chi connectivity index (χ1) is 7.97. The molecule has 0 spiro atoms. The van der Waals surface area contributed by atoms with E-state index in [4.69, 9.17) is 17.4 Å². The lowest BCUT2D eigenvalue weighted by molar-refractivity contribution is 0.434. The van der Waals surface area contributed by atoms with E-state index < -0.39 is 5.82 Å². The van der Waals surface area contributed by atoms with Crippen LogP contribution < -0.4 is 11.3 Å². The lowest BCUT2D eigenvalue weighted by Gasteiger charge is -2.19. The molecule has 1 aromatic carbocycles. The summed E-state index contributed by atoms with van der Waals surface area (Å²) in [5.74, 6) is 5.62. The Kier molecular flexibility index (Phi) is 5.86. The van der Waals surface area contributed by atoms with E-state index in [0.717, 1.165) is 12.8 Å². The van der Waals surface area contributed by atoms with Crippen molar-refractivity contribution in [3.05, 3.63) is 33.0 Å². The van der Waals surface area contributed by atoms with Gasteiger partial charge in [-0.25, -0.2) is 4.39 Å². The van der Waals surface area contributed by atoms with Gasteiger partial charge in [0.25, 0.3) is 0 Å². The van der Waals surface area contributed by atoms with Crippen LogP contribution in [0.2, 0.25) is 5.02 Å². The average Bonchev–Trinajstić information content (AvgIpc) is 2.29. The molecule has 0 aliphatic carbocycles. The summed E-state index contributed by atoms with van der Waals surface area (Å²) >= 11 is 9.05. The number of hydrogen-bond acceptors (Lipinski definition) is 2. The number of benzene rings is 1. The summed E-state index contributed by atoms with van der Waals surface area (Å²) in [6.45, 7) is 4.25. The van der Waals surface area contributed by atoms with E-state index in [-0.39, 0.29) is 11.1 Å². The lowest BCUT2D eigenvalue weighted by atomic mass is 9.98. The smallest absolute Gasteiger partial charge is 0.147 e. The molecule has 0 aliphatic heterocycles. The number of hydrogen-bond donors (Lipinski definition) is 2. The van der Waals surface area contributed by atoms with Gasteiger partial charge >= 0.3 is 0 Å². The Morgan fingerprint density at radius 2 is 2.06 bits per heavy atom. The topological polar surface area (TPSA) is 38.0 Å². The maximum atomic E-state index is 14.0. The van der Waals surface area contributed by atoms with E-state index in [0.29, 0.717) is 16.0 Å². The molecule has 2 nitrogen and oxygen atoms in total. The van der Waals surface area contributed by atoms with Gasteiger partial charge in [0.05, 0.1) is 5.02 Å². The fourth-order valence-corrected chi connectivity index (χ4v) is 2.12. The molecule has 5 heteroatoms. The highest BCUT2D eigenvalue weighted by Gasteiger charge is 2.18. The second-order valence-electron chi connectivity index (χ2n) is 4.46. The van der Waals surface area contributed by atoms with Crippen LogP contribution >= 0.6 is 27.5 Å². The summed E-state index contributed by atoms with van der Waals surface area (Å²) < 4.78 is 14.5. The van der Waals surface area contributed by atoms with Crippen LogP contribution in [0.25, 0.3) is 0 Å². The fraction of sp³-hybridized carbons (Fsp3) is 0.500. The molecule has 0 saturated carbocycles. The second-order valence-corrected chi connectivity index (χ2v) is 5.69. The Morgan fingerprint density at radius 3 is 2.59 bits per heavy atom. The molecular formula is C12H17BrClFN2. The molecule has 3 N–H and O–H groups in total. The summed E-state index contributed by atoms with van der Waals surface area (Å²) in [6.07, 6.45) is 1.75. The molecule has 0 aromatic heterocycles. The van der Waals surface area contributed by atoms with Gasteiger partial charge in [0, 0.05) is 16.1 Å². The van der Waals surface area contributed by atoms with E-state index in [2.05, 4.69) is 35.2 Å². The van der Waals surface area contributed by atoms with Crippen LogP contribution in [0.4, 0.5) is 4.39 Å². The third-order valence-electron chi connectivity index (χ3n) is 2.67. The number of halogens is 3. The molecule has 96 valence electrons. The van der Waals surface area contributed by atoms with Crippen molar-refractivity contribution in [1.82, 2.24) is 5.43 Å². The van der Waals surface area contributed by atoms with Crippen LogP contribution in [-0.4, -0.2) is 0 Å². The predicted octanol–water partition coefficient (Wildman–Crippen LogP) is 4.18. The maximum Gasteiger partial charge on any atom is 0.147 e. The van der Waals surface area contributed by atoms with Gasteiger partial charge < -0.3 is 0 Å². The van der Waals surface area contributed by atoms with Crippen molar-refractivity contribution in [2.45, 2.75) is 32.7 Å². The molecule has 17 heavy (non-hydrogen) atoms. The minimum absolute atomic E-state index is 0.104. The molecule has 1 atom stereocenters. The third-order valence-corrected chi connectivity index (χ3v) is 3.93. The number of nitrogens with two attached hydrogens (primary N) is 1. The van der Waals surface area contributed by atoms with E-state index >= 15 is 0 Å². The molecule has 1 rings (SSSR count). The molecule has 0 aliphatic rings. The zero-order chi connectivity index (χ0) is 13.0. The van der Waals surface area contributed by atoms with Crippen molar-refractivity contribution < 1.29 is 4.39 Å². The molecular weight excluding hydrogens is 307 g/mol. The number of rotatable bonds is 5. The van der Waals surface area contributed by atoms with Crippen molar-refractivity contribution in [3.63, 3.8) is 0 Å². The first kappa shape index (κ1) is 14.9. The molecule has 0 radical (unpaired) electrons. The van der Waals surface area contributed by atoms with Gasteiger partial charge in [0.15, 0.2) is 0 Å². The molecule has 0 amide bonds. The first-order valence-electron chi connectivity index (χ1n) is 5.56. The van der Waals surface area contributed by atoms with E-state index in [9.17, 15) is 4.39 Å². The zero-order valence-corrected chi connectivity index (χ0v) is 12.3. The summed E-state index contributed by atoms with van der Waals surface area (Å²) in [5, 5.41) is 0.104. The predicted molar refractivity (Wildman–Crippen MR) is 73.2 cm³/mol. The lowest BCUT2D eigenvalue weighted by Crippen LogP contribution is -2.29. The molecule has 1 aromatic rings. The molecule has 0 saturated heterocycles. The SMILES string of the molecule is CC(C)CCC(NN)c1ccc(Br)c(Cl)c1F. The van der Waals surface area contributed by atoms with Crippen LogP contribution in [-0.2, 0) is 0 Å². The number of hydrazine groups is 1. The summed E-state index contributed by atoms with van der Waals surface area (Å²) in [6, 6.07) is 3.24. The Labute approximate surface area is 115 Å². The van der Waals surface area contributed by atoms with Crippen molar-refractivity contribution in [1.29, 1.82) is 0 Å². The van der Waals surface area contributed by atoms with Crippen LogP contribution in [0.3, 0.4) is 0 Å². The average molecular weight is 324 g/mol. The van der Waals surface area contributed by atoms with Crippen molar-refractivity contribution in [2.75, 3.05) is 0 Å². The Hall–Kier alpha value is -0.160. The van der Waals surface area contributed by atoms with Gasteiger partial charge in [0.1, 0.15) is 5.82 Å². The van der Waals surface area contributed by atoms with Gasteiger partial charge in [-0.2, -0.15) is 0 Å². The van der Waals surface area contributed by atoms with Gasteiger partial charge in [-0.1, -0.05) is 31.5 Å². The Bertz CT molecular complexity index is 385. The molecule has 0 heterocycles. The minimum atomic E-state index is -0.409. The highest BCUT2D eigenvalue weighted by Crippen LogP contribution is 2.32. The van der Waals surface area contributed by atoms with Crippen LogP contribution in [0.1, 0.15) is 38.3 Å². The third kappa shape index (κ3) is 3.91. The Morgan fingerprint density at radius 1 is 1.41 bits per heavy atom. The van der Waals surface area contributed by atoms with Crippen LogP contribution in [0.15, 0.2) is 16.6 Å². The zero-order valence-electron chi connectivity index (χ0n) is 9.93. The first-order valence-corrected chi connectivity index (χ1v) is 6.74. The minimum Gasteiger partial charge on any atom is -0.271 e. The molecule has 1 unspecified atom stereocenters. The monoisotopic (exact) mass is 322 g/mol. The van der Waals surface area contributed by atoms with E-state index in [1.807, 2.05) is 0 Å². The fourth-order valence-electron chi connectivity index (χ4n) is 1.64. The molecule has 0 bridgehead atoms. The largest absolute Gasteiger partial charge is 0.271 e. The highest BCUT2D eigenvalue weighted by atomic mass is 79.9. The Balaban J connectivity index is 2.92. The maximum absolute atomic E-state index is 14.0. The quantitative estimate of drug-likeness (QED) is 0.484. The van der Waals surface area contributed by atoms with Crippen molar-refractivity contribution in [3.8, 4) is 0 Å². The van der Waals surface area contributed by atoms with Crippen LogP contribution in [0.5, 0.6) is 0 Å². The van der Waals surface area contributed by atoms with Gasteiger partial charge in [-0.15, -0.1) is 0 Å². The standard InChI is InChI=1S/C12H17BrClFN2/c1-7(2)3-6-10(17-16)8-4-5-9(13)11(14)12(8)15/h4-5,7,10,17H,3,6,16H2,1-2H3. The number of nitrogens with one attached hydrogen (secondary N) is 1. The normalized spacial score (nSPS) is 13.1. The van der Waals surface area contributed by atoms with Crippen molar-refractivity contribution >= 4 is 27.5 Å². The van der Waals surface area contributed by atoms with E-state index in [1.54, 1.807) is 12.1 Å². The summed E-state index contributed by atoms with van der Waals surface area (Å²) in [4.78, 5) is 0. The second kappa shape index (κ2) is 6.69. The van der Waals surface area contributed by atoms with Crippen LogP contribution in [0, 0.1) is 11.7 Å². The van der Waals surface area contributed by atoms with Gasteiger partial charge in [0.2, 0.25) is 0 Å². The summed E-state index contributed by atoms with van der Waals surface area (Å²) in [7, 11) is 0. The van der Waals surface area contributed by atoms with Crippen molar-refractivity contribution in [2.24, 2.45) is 11.8 Å². The molecule has 0 fully saturated rings. The van der Waals surface area contributed by atoms with Gasteiger partial charge in [-0.3, -0.25) is 11.3 Å². The summed E-state index contributed by atoms with van der Waals surface area (Å²) in [5.41, 5.74) is 3.16.